The Labute approximate surface area is 299 Å². The van der Waals surface area contributed by atoms with Crippen molar-refractivity contribution in [3.8, 4) is 0 Å². The first-order valence-corrected chi connectivity index (χ1v) is 19.5. The molecule has 6 unspecified atom stereocenters. The molecule has 7 nitrogen and oxygen atoms in total. The van der Waals surface area contributed by atoms with Gasteiger partial charge in [-0.15, -0.1) is 0 Å². The Balaban J connectivity index is 1.36. The van der Waals surface area contributed by atoms with Crippen LogP contribution in [-0.4, -0.2) is 64.4 Å². The number of Topliss-reactive ketones (excluding diaryl/α,β-unsaturated/α-hetero) is 1. The first-order valence-electron chi connectivity index (χ1n) is 19.5. The van der Waals surface area contributed by atoms with E-state index in [1.165, 1.54) is 12.0 Å². The van der Waals surface area contributed by atoms with Crippen LogP contribution in [0.25, 0.3) is 0 Å². The van der Waals surface area contributed by atoms with E-state index in [4.69, 9.17) is 4.74 Å². The Bertz CT molecular complexity index is 1500. The number of nitrogens with one attached hydrogen (secondary N) is 1. The van der Waals surface area contributed by atoms with Crippen LogP contribution in [0.5, 0.6) is 0 Å². The maximum atomic E-state index is 14.4. The standard InChI is InChI=1S/C43H60N2O5/c1-30-12-10-23-42(3)39(37-21-19-32(26-35(46)20-18-30)27-38(37)40(47)34-15-8-5-9-16-34)22-24-43(42,49)29-45(28-36-17-11-25-50-36)41(48)44-31(2)33-13-6-4-7-14-33/h4,6-7,12-14,19,21,27,31,34-36,39,46,49H,5,8-11,15-18,20,22-26,28-29H2,1-3H3,(H,44,48). The van der Waals surface area contributed by atoms with E-state index in [1.807, 2.05) is 42.2 Å². The van der Waals surface area contributed by atoms with Gasteiger partial charge in [0.25, 0.3) is 0 Å². The Morgan fingerprint density at radius 3 is 2.52 bits per heavy atom. The average molecular weight is 685 g/mol. The normalized spacial score (nSPS) is 29.9. The highest BCUT2D eigenvalue weighted by molar-refractivity contribution is 5.99. The number of ketones is 1. The molecule has 7 rings (SSSR count). The van der Waals surface area contributed by atoms with Crippen molar-refractivity contribution in [2.45, 2.75) is 140 Å². The van der Waals surface area contributed by atoms with E-state index in [-0.39, 0.29) is 42.3 Å². The molecule has 2 aromatic rings. The van der Waals surface area contributed by atoms with E-state index in [9.17, 15) is 19.8 Å². The Morgan fingerprint density at radius 2 is 1.78 bits per heavy atom. The van der Waals surface area contributed by atoms with Gasteiger partial charge in [-0.2, -0.15) is 0 Å². The number of urea groups is 1. The van der Waals surface area contributed by atoms with Gasteiger partial charge in [-0.1, -0.05) is 80.3 Å². The summed E-state index contributed by atoms with van der Waals surface area (Å²) in [6.07, 6.45) is 13.6. The van der Waals surface area contributed by atoms with Gasteiger partial charge in [0.2, 0.25) is 0 Å². The summed E-state index contributed by atoms with van der Waals surface area (Å²) in [7, 11) is 0. The van der Waals surface area contributed by atoms with Crippen molar-refractivity contribution in [3.05, 3.63) is 82.4 Å². The van der Waals surface area contributed by atoms with Crippen molar-refractivity contribution in [1.29, 1.82) is 0 Å². The average Bonchev–Trinajstić information content (AvgIpc) is 3.72. The third-order valence-electron chi connectivity index (χ3n) is 12.7. The van der Waals surface area contributed by atoms with E-state index in [0.29, 0.717) is 32.4 Å². The number of ether oxygens (including phenoxy) is 1. The third kappa shape index (κ3) is 8.21. The Kier molecular flexibility index (Phi) is 11.9. The molecule has 1 heterocycles. The van der Waals surface area contributed by atoms with E-state index in [1.54, 1.807) is 0 Å². The summed E-state index contributed by atoms with van der Waals surface area (Å²) in [5, 5.41) is 27.2. The van der Waals surface area contributed by atoms with Crippen molar-refractivity contribution in [2.75, 3.05) is 19.7 Å². The van der Waals surface area contributed by atoms with Crippen LogP contribution >= 0.6 is 0 Å². The fourth-order valence-electron chi connectivity index (χ4n) is 9.47. The quantitative estimate of drug-likeness (QED) is 0.192. The summed E-state index contributed by atoms with van der Waals surface area (Å²) >= 11 is 0. The topological polar surface area (TPSA) is 99.1 Å². The molecule has 2 amide bonds. The summed E-state index contributed by atoms with van der Waals surface area (Å²) in [6.45, 7) is 7.67. The number of carbonyl (C=O) groups is 2. The summed E-state index contributed by atoms with van der Waals surface area (Å²) in [4.78, 5) is 30.4. The van der Waals surface area contributed by atoms with Crippen LogP contribution < -0.4 is 5.32 Å². The number of rotatable bonds is 8. The minimum Gasteiger partial charge on any atom is -0.393 e. The van der Waals surface area contributed by atoms with Crippen LogP contribution in [0.3, 0.4) is 0 Å². The highest BCUT2D eigenvalue weighted by Gasteiger charge is 2.58. The minimum atomic E-state index is -1.18. The Hall–Kier alpha value is -3.00. The lowest BCUT2D eigenvalue weighted by atomic mass is 9.64. The maximum absolute atomic E-state index is 14.4. The molecule has 0 aromatic heterocycles. The molecule has 50 heavy (non-hydrogen) atoms. The monoisotopic (exact) mass is 684 g/mol. The molecule has 272 valence electrons. The summed E-state index contributed by atoms with van der Waals surface area (Å²) in [5.41, 5.74) is 3.32. The van der Waals surface area contributed by atoms with Crippen molar-refractivity contribution in [2.24, 2.45) is 11.3 Å². The molecule has 2 aromatic carbocycles. The predicted octanol–water partition coefficient (Wildman–Crippen LogP) is 8.44. The van der Waals surface area contributed by atoms with Gasteiger partial charge in [0.05, 0.1) is 30.4 Å². The van der Waals surface area contributed by atoms with Crippen LogP contribution in [0.1, 0.15) is 143 Å². The number of allylic oxidation sites excluding steroid dienone is 2. The van der Waals surface area contributed by atoms with Crippen LogP contribution in [0.15, 0.2) is 60.2 Å². The van der Waals surface area contributed by atoms with Crippen LogP contribution in [0.4, 0.5) is 4.79 Å². The lowest BCUT2D eigenvalue weighted by Crippen LogP contribution is -2.56. The van der Waals surface area contributed by atoms with Gasteiger partial charge >= 0.3 is 6.03 Å². The molecule has 0 radical (unpaired) electrons. The smallest absolute Gasteiger partial charge is 0.318 e. The van der Waals surface area contributed by atoms with E-state index < -0.39 is 17.1 Å². The molecule has 4 aliphatic carbocycles. The second-order valence-electron chi connectivity index (χ2n) is 16.2. The Morgan fingerprint density at radius 1 is 1.00 bits per heavy atom. The molecule has 6 atom stereocenters. The summed E-state index contributed by atoms with van der Waals surface area (Å²) < 4.78 is 6.03. The highest BCUT2D eigenvalue weighted by atomic mass is 16.5. The molecule has 7 heteroatoms. The number of fused-ring (bicyclic) bond motifs is 8. The number of carbonyl (C=O) groups excluding carboxylic acids is 2. The molecule has 0 spiro atoms. The molecule has 5 aliphatic rings. The molecule has 2 saturated carbocycles. The van der Waals surface area contributed by atoms with Crippen molar-refractivity contribution < 1.29 is 24.5 Å². The molecule has 1 saturated heterocycles. The fourth-order valence-corrected chi connectivity index (χ4v) is 9.47. The summed E-state index contributed by atoms with van der Waals surface area (Å²) in [5.74, 6) is 0.198. The predicted molar refractivity (Wildman–Crippen MR) is 198 cm³/mol. The largest absolute Gasteiger partial charge is 0.393 e. The number of hydrogen-bond donors (Lipinski definition) is 3. The number of nitrogens with zero attached hydrogens (tertiary/aromatic N) is 1. The summed E-state index contributed by atoms with van der Waals surface area (Å²) in [6, 6.07) is 15.9. The molecule has 3 fully saturated rings. The van der Waals surface area contributed by atoms with Gasteiger partial charge in [-0.3, -0.25) is 4.79 Å². The maximum Gasteiger partial charge on any atom is 0.318 e. The third-order valence-corrected chi connectivity index (χ3v) is 12.7. The van der Waals surface area contributed by atoms with E-state index >= 15 is 0 Å². The van der Waals surface area contributed by atoms with Gasteiger partial charge in [0.15, 0.2) is 5.78 Å². The van der Waals surface area contributed by atoms with Gasteiger partial charge in [-0.05, 0) is 113 Å². The van der Waals surface area contributed by atoms with Gasteiger partial charge in [0, 0.05) is 30.0 Å². The first kappa shape index (κ1) is 36.8. The second kappa shape index (κ2) is 16.1. The number of aliphatic hydroxyl groups excluding tert-OH is 1. The molecule has 3 N–H and O–H groups in total. The first-order chi connectivity index (χ1) is 24.1. The molecular weight excluding hydrogens is 624 g/mol. The van der Waals surface area contributed by atoms with Crippen LogP contribution in [-0.2, 0) is 11.2 Å². The van der Waals surface area contributed by atoms with Gasteiger partial charge in [-0.25, -0.2) is 4.79 Å². The molecule has 2 bridgehead atoms. The highest BCUT2D eigenvalue weighted by Crippen LogP contribution is 2.59. The SMILES string of the molecule is CC1=CCCC2(C)C(CCC2(O)CN(CC2CCCO2)C(=O)NC(C)c2ccccc2)c2ccc(cc2C(=O)C2CCCCC2)CC(O)CC1. The van der Waals surface area contributed by atoms with Gasteiger partial charge < -0.3 is 25.2 Å². The molecule has 1 aliphatic heterocycles. The van der Waals surface area contributed by atoms with Crippen molar-refractivity contribution in [1.82, 2.24) is 10.2 Å². The zero-order valence-corrected chi connectivity index (χ0v) is 30.7. The van der Waals surface area contributed by atoms with E-state index in [2.05, 4.69) is 43.4 Å². The number of hydrogen-bond acceptors (Lipinski definition) is 5. The van der Waals surface area contributed by atoms with Crippen molar-refractivity contribution >= 4 is 11.8 Å². The fraction of sp³-hybridized carbons (Fsp3) is 0.628. The minimum absolute atomic E-state index is 0.0240. The zero-order valence-electron chi connectivity index (χ0n) is 30.7. The zero-order chi connectivity index (χ0) is 35.3. The van der Waals surface area contributed by atoms with E-state index in [0.717, 1.165) is 86.5 Å². The van der Waals surface area contributed by atoms with Crippen molar-refractivity contribution in [3.63, 3.8) is 0 Å². The number of benzene rings is 2. The molecular formula is C43H60N2O5. The lowest BCUT2D eigenvalue weighted by Gasteiger charge is -2.46. The number of amides is 2. The second-order valence-corrected chi connectivity index (χ2v) is 16.2. The number of aliphatic hydroxyl groups is 2. The van der Waals surface area contributed by atoms with Gasteiger partial charge in [0.1, 0.15) is 0 Å². The van der Waals surface area contributed by atoms with Crippen LogP contribution in [0, 0.1) is 11.3 Å². The lowest BCUT2D eigenvalue weighted by molar-refractivity contribution is -0.0808. The van der Waals surface area contributed by atoms with Crippen LogP contribution in [0.2, 0.25) is 0 Å².